The first-order valence-electron chi connectivity index (χ1n) is 6.40. The maximum absolute atomic E-state index is 5.42. The molecular weight excluding hydrogens is 292 g/mol. The second kappa shape index (κ2) is 8.51. The summed E-state index contributed by atoms with van der Waals surface area (Å²) in [5, 5.41) is 3.20. The van der Waals surface area contributed by atoms with E-state index in [0.717, 1.165) is 36.4 Å². The first kappa shape index (κ1) is 15.5. The Balaban J connectivity index is 2.74. The molecule has 1 aromatic rings. The highest BCUT2D eigenvalue weighted by Gasteiger charge is 2.09. The van der Waals surface area contributed by atoms with E-state index in [9.17, 15) is 0 Å². The fraction of sp³-hybridized carbons (Fsp3) is 0.571. The molecule has 0 unspecified atom stereocenters. The molecule has 102 valence electrons. The monoisotopic (exact) mass is 314 g/mol. The van der Waals surface area contributed by atoms with E-state index in [1.165, 1.54) is 12.0 Å². The molecule has 1 aromatic carbocycles. The van der Waals surface area contributed by atoms with Crippen molar-refractivity contribution in [3.8, 4) is 5.75 Å². The van der Waals surface area contributed by atoms with Crippen LogP contribution in [0.15, 0.2) is 22.7 Å². The highest BCUT2D eigenvalue weighted by molar-refractivity contribution is 9.10. The summed E-state index contributed by atoms with van der Waals surface area (Å²) in [6.45, 7) is 6.32. The van der Waals surface area contributed by atoms with E-state index in [-0.39, 0.29) is 0 Å². The molecule has 1 rings (SSSR count). The van der Waals surface area contributed by atoms with Crippen LogP contribution >= 0.6 is 15.9 Å². The van der Waals surface area contributed by atoms with Gasteiger partial charge in [0.15, 0.2) is 0 Å². The van der Waals surface area contributed by atoms with Crippen LogP contribution in [0.5, 0.6) is 5.75 Å². The largest absolute Gasteiger partial charge is 0.496 e. The van der Waals surface area contributed by atoms with Crippen molar-refractivity contribution in [2.24, 2.45) is 0 Å². The highest BCUT2D eigenvalue weighted by Crippen LogP contribution is 2.24. The number of methoxy groups -OCH3 is 1. The van der Waals surface area contributed by atoms with E-state index in [2.05, 4.69) is 39.1 Å². The lowest BCUT2D eigenvalue weighted by molar-refractivity contribution is 0.263. The van der Waals surface area contributed by atoms with Crippen LogP contribution < -0.4 is 10.1 Å². The number of nitrogens with zero attached hydrogens (tertiary/aromatic N) is 1. The third kappa shape index (κ3) is 4.96. The minimum atomic E-state index is 0.929. The van der Waals surface area contributed by atoms with Gasteiger partial charge < -0.3 is 10.1 Å². The molecule has 0 fully saturated rings. The third-order valence-electron chi connectivity index (χ3n) is 2.85. The zero-order valence-electron chi connectivity index (χ0n) is 11.5. The molecule has 3 nitrogen and oxygen atoms in total. The summed E-state index contributed by atoms with van der Waals surface area (Å²) < 4.78 is 6.52. The van der Waals surface area contributed by atoms with E-state index in [1.54, 1.807) is 7.11 Å². The average Bonchev–Trinajstić information content (AvgIpc) is 2.36. The van der Waals surface area contributed by atoms with Gasteiger partial charge in [-0.05, 0) is 38.2 Å². The van der Waals surface area contributed by atoms with Gasteiger partial charge >= 0.3 is 0 Å². The van der Waals surface area contributed by atoms with Gasteiger partial charge in [-0.2, -0.15) is 0 Å². The lowest BCUT2D eigenvalue weighted by Crippen LogP contribution is -2.31. The van der Waals surface area contributed by atoms with Gasteiger partial charge in [0.1, 0.15) is 5.75 Å². The van der Waals surface area contributed by atoms with E-state index in [0.29, 0.717) is 0 Å². The van der Waals surface area contributed by atoms with E-state index in [4.69, 9.17) is 4.74 Å². The van der Waals surface area contributed by atoms with E-state index >= 15 is 0 Å². The Morgan fingerprint density at radius 3 is 2.72 bits per heavy atom. The Kier molecular flexibility index (Phi) is 7.32. The molecule has 4 heteroatoms. The summed E-state index contributed by atoms with van der Waals surface area (Å²) in [5.41, 5.74) is 1.23. The van der Waals surface area contributed by atoms with Gasteiger partial charge in [0, 0.05) is 29.7 Å². The average molecular weight is 315 g/mol. The van der Waals surface area contributed by atoms with E-state index in [1.807, 2.05) is 19.2 Å². The quantitative estimate of drug-likeness (QED) is 0.798. The Hall–Kier alpha value is -0.580. The molecule has 1 N–H and O–H groups in total. The molecule has 0 saturated carbocycles. The lowest BCUT2D eigenvalue weighted by Gasteiger charge is -2.22. The second-order valence-electron chi connectivity index (χ2n) is 4.34. The van der Waals surface area contributed by atoms with Gasteiger partial charge in [-0.25, -0.2) is 0 Å². The molecule has 0 saturated heterocycles. The normalized spacial score (nSPS) is 10.9. The fourth-order valence-corrected chi connectivity index (χ4v) is 2.38. The van der Waals surface area contributed by atoms with Crippen molar-refractivity contribution in [1.82, 2.24) is 10.2 Å². The number of hydrogen-bond donors (Lipinski definition) is 1. The molecule has 0 bridgehead atoms. The Labute approximate surface area is 119 Å². The van der Waals surface area contributed by atoms with Crippen LogP contribution in [0.4, 0.5) is 0 Å². The summed E-state index contributed by atoms with van der Waals surface area (Å²) in [6.07, 6.45) is 1.17. The van der Waals surface area contributed by atoms with Crippen molar-refractivity contribution in [2.45, 2.75) is 19.9 Å². The van der Waals surface area contributed by atoms with Crippen LogP contribution in [-0.2, 0) is 6.54 Å². The van der Waals surface area contributed by atoms with Crippen molar-refractivity contribution in [3.63, 3.8) is 0 Å². The number of halogens is 1. The first-order valence-corrected chi connectivity index (χ1v) is 7.20. The topological polar surface area (TPSA) is 24.5 Å². The van der Waals surface area contributed by atoms with Crippen molar-refractivity contribution in [1.29, 1.82) is 0 Å². The summed E-state index contributed by atoms with van der Waals surface area (Å²) in [6, 6.07) is 6.17. The Morgan fingerprint density at radius 1 is 1.33 bits per heavy atom. The number of ether oxygens (including phenoxy) is 1. The standard InChI is InChI=1S/C14H23BrN2O/c1-4-8-17(9-7-16-2)11-12-10-13(15)5-6-14(12)18-3/h5-6,10,16H,4,7-9,11H2,1-3H3. The molecular formula is C14H23BrN2O. The van der Waals surface area contributed by atoms with Crippen LogP contribution in [0.2, 0.25) is 0 Å². The van der Waals surface area contributed by atoms with Crippen molar-refractivity contribution in [2.75, 3.05) is 33.8 Å². The molecule has 0 amide bonds. The minimum Gasteiger partial charge on any atom is -0.496 e. The summed E-state index contributed by atoms with van der Waals surface area (Å²) >= 11 is 3.52. The summed E-state index contributed by atoms with van der Waals surface area (Å²) in [5.74, 6) is 0.962. The second-order valence-corrected chi connectivity index (χ2v) is 5.25. The molecule has 0 aromatic heterocycles. The number of rotatable bonds is 8. The predicted molar refractivity (Wildman–Crippen MR) is 80.2 cm³/mol. The first-order chi connectivity index (χ1) is 8.71. The molecule has 0 spiro atoms. The van der Waals surface area contributed by atoms with Crippen LogP contribution in [-0.4, -0.2) is 38.7 Å². The number of hydrogen-bond acceptors (Lipinski definition) is 3. The van der Waals surface area contributed by atoms with Gasteiger partial charge in [0.2, 0.25) is 0 Å². The van der Waals surface area contributed by atoms with Gasteiger partial charge in [-0.3, -0.25) is 4.90 Å². The summed E-state index contributed by atoms with van der Waals surface area (Å²) in [7, 11) is 3.72. The third-order valence-corrected chi connectivity index (χ3v) is 3.35. The SMILES string of the molecule is CCCN(CCNC)Cc1cc(Br)ccc1OC. The van der Waals surface area contributed by atoms with Crippen LogP contribution in [0.3, 0.4) is 0 Å². The maximum Gasteiger partial charge on any atom is 0.123 e. The molecule has 0 atom stereocenters. The van der Waals surface area contributed by atoms with Crippen LogP contribution in [0.1, 0.15) is 18.9 Å². The molecule has 0 aliphatic rings. The molecule has 0 aliphatic heterocycles. The molecule has 0 heterocycles. The molecule has 0 aliphatic carbocycles. The lowest BCUT2D eigenvalue weighted by atomic mass is 10.2. The van der Waals surface area contributed by atoms with Crippen LogP contribution in [0.25, 0.3) is 0 Å². The van der Waals surface area contributed by atoms with Crippen molar-refractivity contribution < 1.29 is 4.74 Å². The zero-order valence-corrected chi connectivity index (χ0v) is 13.1. The molecule has 0 radical (unpaired) electrons. The van der Waals surface area contributed by atoms with Crippen molar-refractivity contribution >= 4 is 15.9 Å². The fourth-order valence-electron chi connectivity index (χ4n) is 1.97. The Bertz CT molecular complexity index is 358. The van der Waals surface area contributed by atoms with E-state index < -0.39 is 0 Å². The number of nitrogens with one attached hydrogen (secondary N) is 1. The number of likely N-dealkylation sites (N-methyl/N-ethyl adjacent to an activating group) is 1. The molecule has 18 heavy (non-hydrogen) atoms. The van der Waals surface area contributed by atoms with Gasteiger partial charge in [-0.1, -0.05) is 22.9 Å². The maximum atomic E-state index is 5.42. The zero-order chi connectivity index (χ0) is 13.4. The number of benzene rings is 1. The predicted octanol–water partition coefficient (Wildman–Crippen LogP) is 2.89. The van der Waals surface area contributed by atoms with Crippen molar-refractivity contribution in [3.05, 3.63) is 28.2 Å². The Morgan fingerprint density at radius 2 is 2.11 bits per heavy atom. The van der Waals surface area contributed by atoms with Crippen LogP contribution in [0, 0.1) is 0 Å². The van der Waals surface area contributed by atoms with Gasteiger partial charge in [-0.15, -0.1) is 0 Å². The minimum absolute atomic E-state index is 0.929. The van der Waals surface area contributed by atoms with Gasteiger partial charge in [0.25, 0.3) is 0 Å². The highest BCUT2D eigenvalue weighted by atomic mass is 79.9. The summed E-state index contributed by atoms with van der Waals surface area (Å²) in [4.78, 5) is 2.45. The van der Waals surface area contributed by atoms with Gasteiger partial charge in [0.05, 0.1) is 7.11 Å². The smallest absolute Gasteiger partial charge is 0.123 e.